The van der Waals surface area contributed by atoms with E-state index in [-0.39, 0.29) is 87.2 Å². The van der Waals surface area contributed by atoms with Crippen molar-refractivity contribution in [2.45, 2.75) is 110 Å². The van der Waals surface area contributed by atoms with E-state index in [1.807, 2.05) is 44.3 Å². The average Bonchev–Trinajstić information content (AvgIpc) is 1.68. The fourth-order valence-corrected chi connectivity index (χ4v) is 18.5. The third kappa shape index (κ3) is 27.9. The van der Waals surface area contributed by atoms with Crippen LogP contribution in [0.4, 0.5) is 58.2 Å². The normalized spacial score (nSPS) is 14.9. The number of fused-ring (bicyclic) bond motifs is 1. The lowest BCUT2D eigenvalue weighted by Gasteiger charge is -2.38. The van der Waals surface area contributed by atoms with Gasteiger partial charge in [0.15, 0.2) is 0 Å². The van der Waals surface area contributed by atoms with Crippen LogP contribution in [0.5, 0.6) is 5.88 Å². The molecule has 36 nitrogen and oxygen atoms in total. The Balaban J connectivity index is 0.000000154. The highest BCUT2D eigenvalue weighted by atomic mass is 32.2. The van der Waals surface area contributed by atoms with E-state index in [1.165, 1.54) is 80.9 Å². The number of sulfonamides is 3. The average molecular weight is 1930 g/mol. The SMILES string of the molecule is CC(=O)Nc1cc(-c2cnc(C)c(C(=O)N(C)c3ccc(F)cc3F)c2)ccn1.CC(=O)Nc1cc(-c2cnc(C)c(CS(=O)(=O)N3CCC(C)(C)CC3)c2)ccn1.CC(=O)Nc1cc(-c2cnc3c(c2)S(=O)(=O)NCCO3)ccn1.CC(=O)Nc1cc(-c2cncc(S(=O)(=O)N3CCN(C)CC3)c2)ccn1.Cc1nccc(Nc2cc(-c3cnc(C)c(CC(=O)N4CC(F)(F)C4)c3)ccn2)n1. The first kappa shape index (κ1) is 102. The van der Waals surface area contributed by atoms with Crippen LogP contribution in [0.1, 0.15) is 98.8 Å². The van der Waals surface area contributed by atoms with Crippen LogP contribution in [0.3, 0.4) is 0 Å². The third-order valence-electron chi connectivity index (χ3n) is 21.9. The topological polar surface area (TPSA) is 457 Å². The maximum Gasteiger partial charge on any atom is 0.282 e. The van der Waals surface area contributed by atoms with Crippen molar-refractivity contribution in [1.29, 1.82) is 0 Å². The number of aryl methyl sites for hydroxylation is 4. The number of carbonyl (C=O) groups excluding carboxylic acids is 6. The zero-order chi connectivity index (χ0) is 98.8. The van der Waals surface area contributed by atoms with E-state index in [0.29, 0.717) is 136 Å². The fourth-order valence-electron chi connectivity index (χ4n) is 14.3. The quantitative estimate of drug-likeness (QED) is 0.0386. The Morgan fingerprint density at radius 1 is 0.504 bits per heavy atom. The lowest BCUT2D eigenvalue weighted by Crippen LogP contribution is -2.58. The Hall–Kier alpha value is -14.4. The van der Waals surface area contributed by atoms with E-state index >= 15 is 0 Å². The Labute approximate surface area is 789 Å². The number of amides is 6. The van der Waals surface area contributed by atoms with E-state index in [0.717, 1.165) is 57.7 Å². The molecule has 0 radical (unpaired) electrons. The molecule has 0 aliphatic carbocycles. The van der Waals surface area contributed by atoms with E-state index in [1.54, 1.807) is 135 Å². The van der Waals surface area contributed by atoms with Gasteiger partial charge in [0.25, 0.3) is 11.8 Å². The van der Waals surface area contributed by atoms with Crippen molar-refractivity contribution in [3.05, 3.63) is 241 Å². The molecule has 137 heavy (non-hydrogen) atoms. The van der Waals surface area contributed by atoms with Crippen molar-refractivity contribution in [1.82, 2.24) is 82.9 Å². The summed E-state index contributed by atoms with van der Waals surface area (Å²) in [5.41, 5.74) is 10.9. The van der Waals surface area contributed by atoms with Crippen LogP contribution < -0.4 is 40.9 Å². The standard InChI is InChI=1S/C21H20F2N6O.C21H18F2N4O2.C21H28N4O3S.C17H21N5O3S.C14H14N4O4S/c1-13-16(9-20(30)29-11-21(22,23)12-29)7-17(10-26-13)15-3-5-25-19(8-15)28-18-4-6-24-14(2)27-18;1-12-17(21(29)27(3)19-5-4-16(22)10-18(19)23)8-15(11-25-12)14-6-7-24-20(9-14)26-13(2)28;1-15-19(14-29(27,28)25-9-6-21(3,4)7-10-25)11-18(13-23-15)17-5-8-22-20(12-17)24-16(2)26;1-13(23)20-17-10-14(3-4-19-17)15-9-16(12-18-11-15)26(24,25)22-7-5-21(2)6-8-22;1-9(19)18-13-7-10(2-3-15-13)11-6-12-14(16-8-11)22-5-4-17-23(12,20)21/h3-8,10H,9,11-12H2,1-2H3,(H,24,25,27,28);4-11H,1-3H3,(H,24,26,28);5,8,11-13H,6-7,9-10,14H2,1-4H3,(H,22,24,26);3-4,9-12H,5-8H2,1-2H3,(H,19,20,23);2-3,6-8,17H,4-5H2,1H3,(H,15,18,19). The van der Waals surface area contributed by atoms with Gasteiger partial charge in [-0.05, 0) is 201 Å². The van der Waals surface area contributed by atoms with Crippen LogP contribution in [-0.2, 0) is 66.2 Å². The first-order chi connectivity index (χ1) is 64.9. The summed E-state index contributed by atoms with van der Waals surface area (Å²) in [6.45, 7) is 19.9. The van der Waals surface area contributed by atoms with Gasteiger partial charge in [-0.2, -0.15) is 4.31 Å². The van der Waals surface area contributed by atoms with Gasteiger partial charge in [-0.15, -0.1) is 0 Å². The zero-order valence-electron chi connectivity index (χ0n) is 76.9. The van der Waals surface area contributed by atoms with E-state index in [4.69, 9.17) is 4.74 Å². The molecule has 43 heteroatoms. The third-order valence-corrected chi connectivity index (χ3v) is 27.0. The first-order valence-electron chi connectivity index (χ1n) is 42.9. The number of alkyl halides is 2. The van der Waals surface area contributed by atoms with Gasteiger partial charge in [-0.3, -0.25) is 48.7 Å². The number of aromatic nitrogens is 12. The number of hydrogen-bond acceptors (Lipinski definition) is 27. The smallest absolute Gasteiger partial charge is 0.282 e. The van der Waals surface area contributed by atoms with Gasteiger partial charge in [0.05, 0.1) is 42.2 Å². The number of anilines is 7. The molecular formula is C94H101F4N23O13S3. The molecule has 1 aromatic carbocycles. The Kier molecular flexibility index (Phi) is 32.9. The van der Waals surface area contributed by atoms with E-state index < -0.39 is 66.6 Å². The first-order valence-corrected chi connectivity index (χ1v) is 47.5. The molecule has 3 fully saturated rings. The number of carbonyl (C=O) groups is 6. The Morgan fingerprint density at radius 3 is 1.47 bits per heavy atom. The molecule has 16 rings (SSSR count). The van der Waals surface area contributed by atoms with Crippen molar-refractivity contribution in [3.8, 4) is 61.5 Å². The Bertz CT molecular complexity index is 6870. The summed E-state index contributed by atoms with van der Waals surface area (Å²) in [7, 11) is -7.27. The highest BCUT2D eigenvalue weighted by Crippen LogP contribution is 2.36. The second kappa shape index (κ2) is 44.4. The number of pyridine rings is 10. The van der Waals surface area contributed by atoms with Crippen molar-refractivity contribution in [3.63, 3.8) is 0 Å². The van der Waals surface area contributed by atoms with Crippen molar-refractivity contribution in [2.24, 2.45) is 5.41 Å². The minimum Gasteiger partial charge on any atom is -0.475 e. The molecule has 0 spiro atoms. The van der Waals surface area contributed by atoms with Gasteiger partial charge in [0.1, 0.15) is 68.8 Å². The van der Waals surface area contributed by atoms with Crippen LogP contribution in [0, 0.1) is 44.7 Å². The number of benzene rings is 1. The molecule has 6 amide bonds. The van der Waals surface area contributed by atoms with Crippen molar-refractivity contribution >= 4 is 106 Å². The van der Waals surface area contributed by atoms with Crippen LogP contribution in [0.2, 0.25) is 0 Å². The maximum absolute atomic E-state index is 14.1. The molecule has 0 unspecified atom stereocenters. The van der Waals surface area contributed by atoms with E-state index in [2.05, 4.69) is 110 Å². The number of nitrogens with zero attached hydrogens (tertiary/aromatic N) is 17. The number of ether oxygens (including phenoxy) is 1. The number of hydrogen-bond donors (Lipinski definition) is 6. The van der Waals surface area contributed by atoms with Gasteiger partial charge in [-0.25, -0.2) is 91.7 Å². The lowest BCUT2D eigenvalue weighted by atomic mass is 9.83. The molecule has 6 N–H and O–H groups in total. The highest BCUT2D eigenvalue weighted by molar-refractivity contribution is 7.89. The summed E-state index contributed by atoms with van der Waals surface area (Å²) in [6.07, 6.45) is 20.8. The molecule has 15 heterocycles. The molecule has 11 aromatic heterocycles. The van der Waals surface area contributed by atoms with Crippen molar-refractivity contribution < 1.29 is 76.3 Å². The number of likely N-dealkylation sites (tertiary alicyclic amines) is 1. The number of halogens is 4. The minimum absolute atomic E-state index is 0.00890. The van der Waals surface area contributed by atoms with Crippen LogP contribution in [0.25, 0.3) is 55.6 Å². The molecule has 0 saturated carbocycles. The fraction of sp³-hybridized carbons (Fsp3) is 0.298. The van der Waals surface area contributed by atoms with E-state index in [9.17, 15) is 71.6 Å². The summed E-state index contributed by atoms with van der Waals surface area (Å²) in [5.74, 6) is -2.57. The summed E-state index contributed by atoms with van der Waals surface area (Å²) in [4.78, 5) is 125. The molecular weight excluding hydrogens is 1830 g/mol. The Morgan fingerprint density at radius 2 is 0.964 bits per heavy atom. The van der Waals surface area contributed by atoms with Crippen LogP contribution >= 0.6 is 0 Å². The number of nitrogens with one attached hydrogen (secondary N) is 6. The summed E-state index contributed by atoms with van der Waals surface area (Å²) < 4.78 is 140. The summed E-state index contributed by atoms with van der Waals surface area (Å²) in [5, 5.41) is 13.6. The minimum atomic E-state index is -3.66. The van der Waals surface area contributed by atoms with Crippen LogP contribution in [0.15, 0.2) is 199 Å². The van der Waals surface area contributed by atoms with Gasteiger partial charge in [0, 0.05) is 200 Å². The number of piperidine rings is 1. The number of likely N-dealkylation sites (N-methyl/N-ethyl adjacent to an activating group) is 1. The molecule has 12 aromatic rings. The second-order valence-corrected chi connectivity index (χ2v) is 38.9. The van der Waals surface area contributed by atoms with Gasteiger partial charge < -0.3 is 46.0 Å². The highest BCUT2D eigenvalue weighted by Gasteiger charge is 2.46. The second-order valence-electron chi connectivity index (χ2n) is 33.2. The van der Waals surface area contributed by atoms with Gasteiger partial charge in [-0.1, -0.05) is 13.8 Å². The molecule has 3 saturated heterocycles. The predicted molar refractivity (Wildman–Crippen MR) is 507 cm³/mol. The van der Waals surface area contributed by atoms with Gasteiger partial charge >= 0.3 is 0 Å². The van der Waals surface area contributed by atoms with Crippen LogP contribution in [-0.4, -0.2) is 224 Å². The molecule has 0 atom stereocenters. The largest absolute Gasteiger partial charge is 0.475 e. The zero-order valence-corrected chi connectivity index (χ0v) is 79.4. The summed E-state index contributed by atoms with van der Waals surface area (Å²) >= 11 is 0. The summed E-state index contributed by atoms with van der Waals surface area (Å²) in [6, 6.07) is 30.6. The number of piperazine rings is 1. The monoisotopic (exact) mass is 1930 g/mol. The molecule has 4 aliphatic rings. The van der Waals surface area contributed by atoms with Gasteiger partial charge in [0.2, 0.25) is 65.5 Å². The van der Waals surface area contributed by atoms with Crippen molar-refractivity contribution in [2.75, 3.05) is 111 Å². The molecule has 716 valence electrons. The predicted octanol–water partition coefficient (Wildman–Crippen LogP) is 12.5. The number of rotatable bonds is 20. The molecule has 0 bridgehead atoms. The lowest BCUT2D eigenvalue weighted by molar-refractivity contribution is -0.165. The maximum atomic E-state index is 14.1. The molecule has 4 aliphatic heterocycles.